The van der Waals surface area contributed by atoms with Crippen molar-refractivity contribution < 1.29 is 45.2 Å². The average molecular weight is 471 g/mol. The first kappa shape index (κ1) is 25.6. The number of hydrogen-bond donors (Lipinski definition) is 1. The second kappa shape index (κ2) is 9.48. The molecule has 2 saturated carbocycles. The second-order valence-corrected chi connectivity index (χ2v) is 10.5. The molecule has 178 valence electrons. The molecule has 0 amide bonds. The van der Waals surface area contributed by atoms with Crippen molar-refractivity contribution in [3.05, 3.63) is 12.2 Å². The molecule has 0 aliphatic heterocycles. The van der Waals surface area contributed by atoms with Crippen LogP contribution in [0.1, 0.15) is 58.8 Å². The molecule has 1 N–H and O–H groups in total. The van der Waals surface area contributed by atoms with E-state index in [1.807, 2.05) is 0 Å². The number of carbonyl (C=O) groups excluding carboxylic acids is 2. The number of ether oxygens (including phenoxy) is 2. The predicted molar refractivity (Wildman–Crippen MR) is 104 cm³/mol. The molecule has 0 saturated heterocycles. The van der Waals surface area contributed by atoms with E-state index in [2.05, 4.69) is 11.3 Å². The highest BCUT2D eigenvalue weighted by Crippen LogP contribution is 2.48. The standard InChI is InChI=1S/C20H29F3O7S/c1-12(2)18(25)30-19(3,15-8-13-5-4-6-14(7-13)9-15)10-17(24)29-16(20(21,22)23)11-31(26,27)28/h13-16H,1,4-11H2,2-3H3,(H,26,27,28). The summed E-state index contributed by atoms with van der Waals surface area (Å²) in [6.07, 6.45) is -3.42. The minimum atomic E-state index is -5.20. The maximum atomic E-state index is 13.1. The summed E-state index contributed by atoms with van der Waals surface area (Å²) < 4.78 is 79.9. The number of carbonyl (C=O) groups is 2. The number of fused-ring (bicyclic) bond motifs is 2. The van der Waals surface area contributed by atoms with Crippen LogP contribution in [0, 0.1) is 17.8 Å². The van der Waals surface area contributed by atoms with Gasteiger partial charge in [0.05, 0.1) is 6.42 Å². The van der Waals surface area contributed by atoms with Crippen LogP contribution < -0.4 is 0 Å². The van der Waals surface area contributed by atoms with E-state index in [1.54, 1.807) is 0 Å². The maximum absolute atomic E-state index is 13.1. The molecule has 2 fully saturated rings. The predicted octanol–water partition coefficient (Wildman–Crippen LogP) is 3.83. The monoisotopic (exact) mass is 470 g/mol. The van der Waals surface area contributed by atoms with E-state index in [4.69, 9.17) is 9.29 Å². The fraction of sp³-hybridized carbons (Fsp3) is 0.800. The summed E-state index contributed by atoms with van der Waals surface area (Å²) in [6.45, 7) is 6.42. The molecule has 4 atom stereocenters. The Morgan fingerprint density at radius 3 is 2.16 bits per heavy atom. The van der Waals surface area contributed by atoms with Crippen LogP contribution in [-0.4, -0.2) is 48.5 Å². The highest BCUT2D eigenvalue weighted by atomic mass is 32.2. The van der Waals surface area contributed by atoms with Gasteiger partial charge in [-0.25, -0.2) is 4.79 Å². The zero-order valence-electron chi connectivity index (χ0n) is 17.6. The molecule has 2 bridgehead atoms. The van der Waals surface area contributed by atoms with Gasteiger partial charge in [0.25, 0.3) is 10.1 Å². The zero-order chi connectivity index (χ0) is 23.6. The molecule has 0 aromatic rings. The van der Waals surface area contributed by atoms with Crippen molar-refractivity contribution in [2.45, 2.75) is 76.7 Å². The summed E-state index contributed by atoms with van der Waals surface area (Å²) >= 11 is 0. The van der Waals surface area contributed by atoms with Crippen LogP contribution in [0.5, 0.6) is 0 Å². The van der Waals surface area contributed by atoms with Crippen LogP contribution in [0.25, 0.3) is 0 Å². The van der Waals surface area contributed by atoms with Gasteiger partial charge in [-0.3, -0.25) is 9.35 Å². The Labute approximate surface area is 180 Å². The molecule has 2 aliphatic carbocycles. The van der Waals surface area contributed by atoms with E-state index in [-0.39, 0.29) is 11.5 Å². The van der Waals surface area contributed by atoms with Crippen molar-refractivity contribution >= 4 is 22.1 Å². The summed E-state index contributed by atoms with van der Waals surface area (Å²) in [5.41, 5.74) is -1.36. The Bertz CT molecular complexity index is 796. The Kier molecular flexibility index (Phi) is 7.84. The van der Waals surface area contributed by atoms with Crippen LogP contribution in [0.15, 0.2) is 12.2 Å². The molecule has 4 unspecified atom stereocenters. The van der Waals surface area contributed by atoms with Crippen molar-refractivity contribution in [1.82, 2.24) is 0 Å². The smallest absolute Gasteiger partial charge is 0.426 e. The lowest BCUT2D eigenvalue weighted by Gasteiger charge is -2.46. The van der Waals surface area contributed by atoms with Gasteiger partial charge >= 0.3 is 18.1 Å². The largest absolute Gasteiger partial charge is 0.455 e. The lowest BCUT2D eigenvalue weighted by atomic mass is 9.63. The third-order valence-electron chi connectivity index (χ3n) is 6.16. The van der Waals surface area contributed by atoms with Crippen molar-refractivity contribution in [2.75, 3.05) is 5.75 Å². The second-order valence-electron chi connectivity index (χ2n) is 8.99. The highest BCUT2D eigenvalue weighted by molar-refractivity contribution is 7.85. The van der Waals surface area contributed by atoms with E-state index in [0.717, 1.165) is 25.7 Å². The van der Waals surface area contributed by atoms with Gasteiger partial charge in [-0.15, -0.1) is 0 Å². The first-order chi connectivity index (χ1) is 14.1. The van der Waals surface area contributed by atoms with Crippen LogP contribution in [0.4, 0.5) is 13.2 Å². The first-order valence-electron chi connectivity index (χ1n) is 10.2. The lowest BCUT2D eigenvalue weighted by Crippen LogP contribution is -2.47. The number of alkyl halides is 3. The molecule has 0 aromatic carbocycles. The van der Waals surface area contributed by atoms with Gasteiger partial charge in [-0.05, 0) is 50.9 Å². The van der Waals surface area contributed by atoms with Gasteiger partial charge in [0.1, 0.15) is 11.4 Å². The molecule has 0 spiro atoms. The van der Waals surface area contributed by atoms with Crippen molar-refractivity contribution in [2.24, 2.45) is 17.8 Å². The highest BCUT2D eigenvalue weighted by Gasteiger charge is 2.49. The van der Waals surface area contributed by atoms with Crippen molar-refractivity contribution in [1.29, 1.82) is 0 Å². The molecule has 0 heterocycles. The van der Waals surface area contributed by atoms with Crippen molar-refractivity contribution in [3.8, 4) is 0 Å². The molecule has 0 aromatic heterocycles. The Balaban J connectivity index is 2.22. The van der Waals surface area contributed by atoms with Crippen LogP contribution in [-0.2, 0) is 29.2 Å². The molecule has 11 heteroatoms. The lowest BCUT2D eigenvalue weighted by molar-refractivity contribution is -0.219. The summed E-state index contributed by atoms with van der Waals surface area (Å²) in [5, 5.41) is 0. The Morgan fingerprint density at radius 1 is 1.16 bits per heavy atom. The summed E-state index contributed by atoms with van der Waals surface area (Å²) in [5.74, 6) is -3.43. The molecular weight excluding hydrogens is 441 g/mol. The number of rotatable bonds is 8. The summed E-state index contributed by atoms with van der Waals surface area (Å²) in [6, 6.07) is 0. The minimum absolute atomic E-state index is 0.0788. The van der Waals surface area contributed by atoms with Crippen LogP contribution >= 0.6 is 0 Å². The molecular formula is C20H29F3O7S. The van der Waals surface area contributed by atoms with Crippen LogP contribution in [0.2, 0.25) is 0 Å². The Morgan fingerprint density at radius 2 is 1.71 bits per heavy atom. The summed E-state index contributed by atoms with van der Waals surface area (Å²) in [7, 11) is -5.05. The number of halogens is 3. The van der Waals surface area contributed by atoms with E-state index in [1.165, 1.54) is 13.8 Å². The minimum Gasteiger partial charge on any atom is -0.455 e. The van der Waals surface area contributed by atoms with Gasteiger partial charge in [0, 0.05) is 5.57 Å². The number of hydrogen-bond acceptors (Lipinski definition) is 6. The van der Waals surface area contributed by atoms with Gasteiger partial charge in [0.2, 0.25) is 6.10 Å². The zero-order valence-corrected chi connectivity index (χ0v) is 18.4. The normalized spacial score (nSPS) is 27.0. The first-order valence-corrected chi connectivity index (χ1v) is 11.8. The van der Waals surface area contributed by atoms with Gasteiger partial charge < -0.3 is 9.47 Å². The number of esters is 2. The van der Waals surface area contributed by atoms with Gasteiger partial charge in [0.15, 0.2) is 0 Å². The van der Waals surface area contributed by atoms with E-state index in [0.29, 0.717) is 24.7 Å². The topological polar surface area (TPSA) is 107 Å². The van der Waals surface area contributed by atoms with Crippen molar-refractivity contribution in [3.63, 3.8) is 0 Å². The fourth-order valence-corrected chi connectivity index (χ4v) is 5.31. The molecule has 2 aliphatic rings. The Hall–Kier alpha value is -1.62. The fourth-order valence-electron chi connectivity index (χ4n) is 4.67. The molecule has 0 radical (unpaired) electrons. The third-order valence-corrected chi connectivity index (χ3v) is 6.89. The average Bonchev–Trinajstić information content (AvgIpc) is 2.58. The van der Waals surface area contributed by atoms with Gasteiger partial charge in [-0.1, -0.05) is 25.8 Å². The molecule has 7 nitrogen and oxygen atoms in total. The molecule has 2 rings (SSSR count). The van der Waals surface area contributed by atoms with Crippen LogP contribution in [0.3, 0.4) is 0 Å². The SMILES string of the molecule is C=C(C)C(=O)OC(C)(CC(=O)OC(CS(=O)(=O)O)C(F)(F)F)C1CC2CCCC(C2)C1. The molecule has 31 heavy (non-hydrogen) atoms. The van der Waals surface area contributed by atoms with E-state index < -0.39 is 52.1 Å². The van der Waals surface area contributed by atoms with Gasteiger partial charge in [-0.2, -0.15) is 21.6 Å². The third kappa shape index (κ3) is 7.48. The van der Waals surface area contributed by atoms with E-state index >= 15 is 0 Å². The van der Waals surface area contributed by atoms with E-state index in [9.17, 15) is 31.2 Å². The quantitative estimate of drug-likeness (QED) is 0.326. The summed E-state index contributed by atoms with van der Waals surface area (Å²) in [4.78, 5) is 24.7. The maximum Gasteiger partial charge on any atom is 0.426 e.